The smallest absolute Gasteiger partial charge is 0.165 e. The van der Waals surface area contributed by atoms with Crippen molar-refractivity contribution in [1.29, 1.82) is 0 Å². The van der Waals surface area contributed by atoms with Crippen LogP contribution in [0.4, 0.5) is 0 Å². The summed E-state index contributed by atoms with van der Waals surface area (Å²) < 4.78 is 8.39. The first kappa shape index (κ1) is 16.1. The summed E-state index contributed by atoms with van der Waals surface area (Å²) in [5.74, 6) is 0.828. The molecule has 4 nitrogen and oxygen atoms in total. The summed E-state index contributed by atoms with van der Waals surface area (Å²) in [6.45, 7) is 2.00. The number of hydrogen-bond acceptors (Lipinski definition) is 3. The number of nitrogens with zero attached hydrogens (tertiary/aromatic N) is 3. The van der Waals surface area contributed by atoms with E-state index in [2.05, 4.69) is 41.0 Å². The van der Waals surface area contributed by atoms with Crippen molar-refractivity contribution in [1.82, 2.24) is 14.5 Å². The van der Waals surface area contributed by atoms with Crippen LogP contribution >= 0.6 is 0 Å². The minimum absolute atomic E-state index is 0.828. The van der Waals surface area contributed by atoms with Gasteiger partial charge in [-0.05, 0) is 43.3 Å². The van der Waals surface area contributed by atoms with Crippen molar-refractivity contribution in [3.63, 3.8) is 0 Å². The molecule has 0 fully saturated rings. The quantitative estimate of drug-likeness (QED) is 0.357. The highest BCUT2D eigenvalue weighted by Gasteiger charge is 2.20. The van der Waals surface area contributed by atoms with Gasteiger partial charge in [-0.2, -0.15) is 0 Å². The van der Waals surface area contributed by atoms with E-state index in [0.29, 0.717) is 0 Å². The molecule has 3 aromatic heterocycles. The number of hydrogen-bond donors (Lipinski definition) is 0. The highest BCUT2D eigenvalue weighted by molar-refractivity contribution is 6.09. The van der Waals surface area contributed by atoms with Gasteiger partial charge < -0.3 is 4.42 Å². The van der Waals surface area contributed by atoms with Crippen LogP contribution in [0, 0.1) is 6.92 Å². The molecule has 0 unspecified atom stereocenters. The van der Waals surface area contributed by atoms with Crippen LogP contribution in [-0.4, -0.2) is 14.5 Å². The molecule has 6 aromatic rings. The predicted octanol–water partition coefficient (Wildman–Crippen LogP) is 6.30. The molecule has 138 valence electrons. The van der Waals surface area contributed by atoms with Gasteiger partial charge >= 0.3 is 0 Å². The second kappa shape index (κ2) is 6.04. The van der Waals surface area contributed by atoms with E-state index in [1.807, 2.05) is 55.5 Å². The molecular formula is C25H17N3O. The summed E-state index contributed by atoms with van der Waals surface area (Å²) in [5.41, 5.74) is 6.38. The number of rotatable bonds is 2. The van der Waals surface area contributed by atoms with Crippen LogP contribution in [0.1, 0.15) is 5.69 Å². The maximum Gasteiger partial charge on any atom is 0.165 e. The first-order chi connectivity index (χ1) is 14.3. The average molecular weight is 375 g/mol. The summed E-state index contributed by atoms with van der Waals surface area (Å²) in [5, 5.41) is 2.20. The van der Waals surface area contributed by atoms with E-state index in [1.54, 1.807) is 0 Å². The molecule has 0 aliphatic carbocycles. The standard InChI is InChI=1S/C25H17N3O/c1-16-14-15-21-25(26-16)28(17-8-3-2-4-9-17)24(27-21)20-12-7-11-19-18-10-5-6-13-22(18)29-23(19)20/h2-15H,1H3. The van der Waals surface area contributed by atoms with Gasteiger partial charge in [0.2, 0.25) is 0 Å². The van der Waals surface area contributed by atoms with Crippen LogP contribution in [-0.2, 0) is 0 Å². The van der Waals surface area contributed by atoms with E-state index in [1.165, 1.54) is 0 Å². The Morgan fingerprint density at radius 3 is 2.41 bits per heavy atom. The summed E-state index contributed by atoms with van der Waals surface area (Å²) in [4.78, 5) is 9.75. The van der Waals surface area contributed by atoms with E-state index in [4.69, 9.17) is 14.4 Å². The van der Waals surface area contributed by atoms with Crippen LogP contribution in [0.5, 0.6) is 0 Å². The van der Waals surface area contributed by atoms with Gasteiger partial charge in [-0.3, -0.25) is 4.57 Å². The Morgan fingerprint density at radius 2 is 1.52 bits per heavy atom. The Kier molecular flexibility index (Phi) is 3.35. The molecule has 6 rings (SSSR count). The van der Waals surface area contributed by atoms with Crippen molar-refractivity contribution < 1.29 is 4.42 Å². The number of aryl methyl sites for hydroxylation is 1. The molecule has 0 saturated heterocycles. The van der Waals surface area contributed by atoms with Gasteiger partial charge in [-0.15, -0.1) is 0 Å². The van der Waals surface area contributed by atoms with Gasteiger partial charge in [-0.1, -0.05) is 48.5 Å². The van der Waals surface area contributed by atoms with Gasteiger partial charge in [0, 0.05) is 22.2 Å². The maximum atomic E-state index is 6.27. The van der Waals surface area contributed by atoms with Crippen molar-refractivity contribution in [3.05, 3.63) is 90.6 Å². The van der Waals surface area contributed by atoms with Gasteiger partial charge in [0.05, 0.1) is 5.56 Å². The van der Waals surface area contributed by atoms with Crippen molar-refractivity contribution in [2.45, 2.75) is 6.92 Å². The van der Waals surface area contributed by atoms with Crippen LogP contribution in [0.2, 0.25) is 0 Å². The zero-order valence-corrected chi connectivity index (χ0v) is 15.8. The number of aromatic nitrogens is 3. The zero-order valence-electron chi connectivity index (χ0n) is 15.8. The normalized spacial score (nSPS) is 11.6. The van der Waals surface area contributed by atoms with Gasteiger partial charge in [0.25, 0.3) is 0 Å². The molecule has 3 aromatic carbocycles. The van der Waals surface area contributed by atoms with E-state index < -0.39 is 0 Å². The fraction of sp³-hybridized carbons (Fsp3) is 0.0400. The fourth-order valence-corrected chi connectivity index (χ4v) is 3.98. The fourth-order valence-electron chi connectivity index (χ4n) is 3.98. The Hall–Kier alpha value is -3.92. The molecule has 0 amide bonds. The zero-order chi connectivity index (χ0) is 19.4. The third kappa shape index (κ3) is 2.39. The molecule has 0 spiro atoms. The van der Waals surface area contributed by atoms with Crippen molar-refractivity contribution in [3.8, 4) is 17.1 Å². The van der Waals surface area contributed by atoms with E-state index in [0.717, 1.165) is 55.9 Å². The Labute approximate surface area is 167 Å². The van der Waals surface area contributed by atoms with Crippen molar-refractivity contribution in [2.24, 2.45) is 0 Å². The average Bonchev–Trinajstić information content (AvgIpc) is 3.32. The van der Waals surface area contributed by atoms with Gasteiger partial charge in [0.1, 0.15) is 16.7 Å². The Morgan fingerprint density at radius 1 is 0.724 bits per heavy atom. The van der Waals surface area contributed by atoms with Crippen LogP contribution in [0.3, 0.4) is 0 Å². The number of para-hydroxylation sites is 3. The monoisotopic (exact) mass is 375 g/mol. The third-order valence-corrected chi connectivity index (χ3v) is 5.30. The summed E-state index contributed by atoms with van der Waals surface area (Å²) in [7, 11) is 0. The first-order valence-corrected chi connectivity index (χ1v) is 9.62. The van der Waals surface area contributed by atoms with Crippen LogP contribution < -0.4 is 0 Å². The Balaban J connectivity index is 1.75. The predicted molar refractivity (Wildman–Crippen MR) is 116 cm³/mol. The number of imidazole rings is 1. The maximum absolute atomic E-state index is 6.27. The number of benzene rings is 3. The lowest BCUT2D eigenvalue weighted by Crippen LogP contribution is -1.99. The largest absolute Gasteiger partial charge is 0.455 e. The molecule has 0 radical (unpaired) electrons. The van der Waals surface area contributed by atoms with E-state index in [9.17, 15) is 0 Å². The number of furan rings is 1. The highest BCUT2D eigenvalue weighted by Crippen LogP contribution is 2.37. The van der Waals surface area contributed by atoms with Gasteiger partial charge in [0.15, 0.2) is 11.5 Å². The minimum Gasteiger partial charge on any atom is -0.455 e. The summed E-state index contributed by atoms with van der Waals surface area (Å²) >= 11 is 0. The highest BCUT2D eigenvalue weighted by atomic mass is 16.3. The molecule has 0 aliphatic heterocycles. The third-order valence-electron chi connectivity index (χ3n) is 5.30. The SMILES string of the molecule is Cc1ccc2nc(-c3cccc4c3oc3ccccc34)n(-c3ccccc3)c2n1. The van der Waals surface area contributed by atoms with E-state index >= 15 is 0 Å². The summed E-state index contributed by atoms with van der Waals surface area (Å²) in [6.07, 6.45) is 0. The van der Waals surface area contributed by atoms with Crippen molar-refractivity contribution >= 4 is 33.1 Å². The minimum atomic E-state index is 0.828. The van der Waals surface area contributed by atoms with Crippen LogP contribution in [0.25, 0.3) is 50.2 Å². The molecule has 4 heteroatoms. The lowest BCUT2D eigenvalue weighted by atomic mass is 10.1. The van der Waals surface area contributed by atoms with Crippen molar-refractivity contribution in [2.75, 3.05) is 0 Å². The molecule has 0 atom stereocenters. The number of pyridine rings is 1. The van der Waals surface area contributed by atoms with E-state index in [-0.39, 0.29) is 0 Å². The lowest BCUT2D eigenvalue weighted by molar-refractivity contribution is 0.669. The number of fused-ring (bicyclic) bond motifs is 4. The molecule has 0 bridgehead atoms. The molecule has 0 saturated carbocycles. The molecular weight excluding hydrogens is 358 g/mol. The summed E-state index contributed by atoms with van der Waals surface area (Å²) in [6, 6.07) is 28.6. The molecule has 0 aliphatic rings. The molecule has 29 heavy (non-hydrogen) atoms. The lowest BCUT2D eigenvalue weighted by Gasteiger charge is -2.09. The second-order valence-electron chi connectivity index (χ2n) is 7.18. The van der Waals surface area contributed by atoms with Gasteiger partial charge in [-0.25, -0.2) is 9.97 Å². The molecule has 3 heterocycles. The van der Waals surface area contributed by atoms with Crippen LogP contribution in [0.15, 0.2) is 89.3 Å². The second-order valence-corrected chi connectivity index (χ2v) is 7.18. The topological polar surface area (TPSA) is 43.9 Å². The first-order valence-electron chi connectivity index (χ1n) is 9.62. The molecule has 0 N–H and O–H groups in total. The Bertz CT molecular complexity index is 1510.